The maximum absolute atomic E-state index is 13.0. The van der Waals surface area contributed by atoms with E-state index in [4.69, 9.17) is 22.9 Å². The van der Waals surface area contributed by atoms with Crippen LogP contribution in [0.2, 0.25) is 0 Å². The number of rotatable bonds is 17. The molecule has 0 spiro atoms. The number of carbonyl (C=O) groups excluding carboxylic acids is 3. The van der Waals surface area contributed by atoms with E-state index in [2.05, 4.69) is 20.9 Å². The number of aliphatic carboxylic acids is 1. The number of hydrogen-bond acceptors (Lipinski definition) is 7. The zero-order valence-electron chi connectivity index (χ0n) is 21.3. The van der Waals surface area contributed by atoms with Gasteiger partial charge in [0.25, 0.3) is 0 Å². The third kappa shape index (κ3) is 12.9. The third-order valence-corrected chi connectivity index (χ3v) is 5.36. The lowest BCUT2D eigenvalue weighted by Gasteiger charge is -2.28. The third-order valence-electron chi connectivity index (χ3n) is 5.36. The first-order valence-electron chi connectivity index (χ1n) is 12.0. The van der Waals surface area contributed by atoms with Gasteiger partial charge in [-0.2, -0.15) is 0 Å². The predicted octanol–water partition coefficient (Wildman–Crippen LogP) is -1.65. The van der Waals surface area contributed by atoms with Crippen molar-refractivity contribution in [3.63, 3.8) is 0 Å². The minimum absolute atomic E-state index is 0.101. The molecule has 0 radical (unpaired) electrons. The van der Waals surface area contributed by atoms with E-state index in [1.165, 1.54) is 0 Å². The van der Waals surface area contributed by atoms with Crippen LogP contribution < -0.4 is 38.9 Å². The van der Waals surface area contributed by atoms with Crippen molar-refractivity contribution < 1.29 is 24.3 Å². The van der Waals surface area contributed by atoms with Crippen LogP contribution in [-0.2, 0) is 19.2 Å². The van der Waals surface area contributed by atoms with E-state index in [-0.39, 0.29) is 30.8 Å². The lowest BCUT2D eigenvalue weighted by Crippen LogP contribution is -2.59. The van der Waals surface area contributed by atoms with Crippen molar-refractivity contribution >= 4 is 29.7 Å². The van der Waals surface area contributed by atoms with Crippen LogP contribution in [0.5, 0.6) is 0 Å². The second-order valence-electron chi connectivity index (χ2n) is 9.20. The quantitative estimate of drug-likeness (QED) is 0.0646. The number of nitrogens with two attached hydrogens (primary N) is 4. The van der Waals surface area contributed by atoms with Gasteiger partial charge in [0.05, 0.1) is 6.04 Å². The van der Waals surface area contributed by atoms with Crippen LogP contribution in [0, 0.1) is 11.8 Å². The Hall–Kier alpha value is -2.93. The summed E-state index contributed by atoms with van der Waals surface area (Å²) in [5, 5.41) is 17.2. The number of unbranched alkanes of at least 4 members (excludes halogenated alkanes) is 1. The first kappa shape index (κ1) is 32.1. The molecule has 0 aliphatic carbocycles. The molecule has 0 aliphatic heterocycles. The molecule has 0 fully saturated rings. The van der Waals surface area contributed by atoms with Crippen molar-refractivity contribution in [2.24, 2.45) is 39.8 Å². The molecule has 4 atom stereocenters. The molecule has 13 nitrogen and oxygen atoms in total. The maximum Gasteiger partial charge on any atom is 0.326 e. The van der Waals surface area contributed by atoms with Crippen LogP contribution in [0.3, 0.4) is 0 Å². The molecule has 4 unspecified atom stereocenters. The Morgan fingerprint density at radius 3 is 1.77 bits per heavy atom. The Balaban J connectivity index is 5.23. The molecule has 0 aromatic heterocycles. The SMILES string of the molecule is CC(C)C(NC(=O)C(N)CCCCN)C(=O)NC(C(=O)NC(CCCN=C(N)N)C(=O)O)C(C)C. The van der Waals surface area contributed by atoms with Gasteiger partial charge in [-0.3, -0.25) is 19.4 Å². The highest BCUT2D eigenvalue weighted by atomic mass is 16.4. The summed E-state index contributed by atoms with van der Waals surface area (Å²) >= 11 is 0. The Morgan fingerprint density at radius 2 is 1.31 bits per heavy atom. The van der Waals surface area contributed by atoms with Gasteiger partial charge in [0.1, 0.15) is 18.1 Å². The summed E-state index contributed by atoms with van der Waals surface area (Å²) in [5.74, 6) is -3.62. The van der Waals surface area contributed by atoms with Crippen LogP contribution in [0.25, 0.3) is 0 Å². The largest absolute Gasteiger partial charge is 0.480 e. The highest BCUT2D eigenvalue weighted by molar-refractivity contribution is 5.94. The van der Waals surface area contributed by atoms with E-state index in [9.17, 15) is 24.3 Å². The first-order chi connectivity index (χ1) is 16.3. The van der Waals surface area contributed by atoms with Crippen molar-refractivity contribution in [1.82, 2.24) is 16.0 Å². The number of amides is 3. The summed E-state index contributed by atoms with van der Waals surface area (Å²) in [7, 11) is 0. The highest BCUT2D eigenvalue weighted by Crippen LogP contribution is 2.09. The standard InChI is InChI=1S/C22H44N8O5/c1-12(2)16(19(32)28-15(21(34)35)9-7-11-27-22(25)26)30-20(33)17(13(3)4)29-18(31)14(24)8-5-6-10-23/h12-17H,5-11,23-24H2,1-4H3,(H,28,32)(H,29,31)(H,30,33)(H,34,35)(H4,25,26,27). The second kappa shape index (κ2) is 16.7. The van der Waals surface area contributed by atoms with E-state index in [1.807, 2.05) is 0 Å². The van der Waals surface area contributed by atoms with Crippen LogP contribution in [-0.4, -0.2) is 72.0 Å². The topological polar surface area (TPSA) is 241 Å². The molecule has 35 heavy (non-hydrogen) atoms. The van der Waals surface area contributed by atoms with Gasteiger partial charge in [-0.05, 0) is 44.1 Å². The fourth-order valence-corrected chi connectivity index (χ4v) is 3.24. The molecule has 0 aliphatic rings. The highest BCUT2D eigenvalue weighted by Gasteiger charge is 2.32. The van der Waals surface area contributed by atoms with E-state index in [0.717, 1.165) is 6.42 Å². The molecule has 0 saturated heterocycles. The monoisotopic (exact) mass is 500 g/mol. The van der Waals surface area contributed by atoms with E-state index >= 15 is 0 Å². The lowest BCUT2D eigenvalue weighted by molar-refractivity contribution is -0.142. The van der Waals surface area contributed by atoms with Gasteiger partial charge in [-0.15, -0.1) is 0 Å². The van der Waals surface area contributed by atoms with Gasteiger partial charge < -0.3 is 44.0 Å². The van der Waals surface area contributed by atoms with Crippen molar-refractivity contribution in [3.05, 3.63) is 0 Å². The smallest absolute Gasteiger partial charge is 0.326 e. The van der Waals surface area contributed by atoms with Crippen molar-refractivity contribution in [2.75, 3.05) is 13.1 Å². The van der Waals surface area contributed by atoms with Crippen molar-refractivity contribution in [3.8, 4) is 0 Å². The number of hydrogen-bond donors (Lipinski definition) is 8. The second-order valence-corrected chi connectivity index (χ2v) is 9.20. The summed E-state index contributed by atoms with van der Waals surface area (Å²) in [6, 6.07) is -3.90. The Kier molecular flexibility index (Phi) is 15.3. The van der Waals surface area contributed by atoms with Gasteiger partial charge >= 0.3 is 5.97 Å². The summed E-state index contributed by atoms with van der Waals surface area (Å²) in [6.45, 7) is 7.67. The first-order valence-corrected chi connectivity index (χ1v) is 12.0. The molecule has 202 valence electrons. The number of carboxylic acids is 1. The average molecular weight is 501 g/mol. The molecule has 13 heteroatoms. The molecule has 0 bridgehead atoms. The Labute approximate surface area is 207 Å². The zero-order valence-corrected chi connectivity index (χ0v) is 21.3. The summed E-state index contributed by atoms with van der Waals surface area (Å²) in [4.78, 5) is 53.7. The number of guanidine groups is 1. The summed E-state index contributed by atoms with van der Waals surface area (Å²) in [6.07, 6.45) is 2.30. The van der Waals surface area contributed by atoms with E-state index in [0.29, 0.717) is 25.8 Å². The maximum atomic E-state index is 13.0. The zero-order chi connectivity index (χ0) is 27.1. The summed E-state index contributed by atoms with van der Waals surface area (Å²) < 4.78 is 0. The number of aliphatic imine (C=N–C) groups is 1. The van der Waals surface area contributed by atoms with E-state index in [1.54, 1.807) is 27.7 Å². The molecule has 0 rings (SSSR count). The minimum Gasteiger partial charge on any atom is -0.480 e. The summed E-state index contributed by atoms with van der Waals surface area (Å²) in [5.41, 5.74) is 21.9. The van der Waals surface area contributed by atoms with Gasteiger partial charge in [0.15, 0.2) is 5.96 Å². The Morgan fingerprint density at radius 1 is 0.800 bits per heavy atom. The average Bonchev–Trinajstić information content (AvgIpc) is 2.76. The van der Waals surface area contributed by atoms with Crippen LogP contribution in [0.15, 0.2) is 4.99 Å². The molecular weight excluding hydrogens is 456 g/mol. The molecule has 0 heterocycles. The molecule has 3 amide bonds. The lowest BCUT2D eigenvalue weighted by atomic mass is 9.98. The van der Waals surface area contributed by atoms with E-state index < -0.39 is 47.9 Å². The minimum atomic E-state index is -1.21. The normalized spacial score (nSPS) is 14.5. The molecular formula is C22H44N8O5. The van der Waals surface area contributed by atoms with Gasteiger partial charge in [-0.25, -0.2) is 4.79 Å². The predicted molar refractivity (Wildman–Crippen MR) is 134 cm³/mol. The van der Waals surface area contributed by atoms with Crippen LogP contribution in [0.4, 0.5) is 0 Å². The number of nitrogens with one attached hydrogen (secondary N) is 3. The molecule has 12 N–H and O–H groups in total. The Bertz CT molecular complexity index is 725. The van der Waals surface area contributed by atoms with Gasteiger partial charge in [-0.1, -0.05) is 34.1 Å². The molecule has 0 aromatic rings. The molecule has 0 aromatic carbocycles. The van der Waals surface area contributed by atoms with Crippen molar-refractivity contribution in [2.45, 2.75) is 84.0 Å². The fourth-order valence-electron chi connectivity index (χ4n) is 3.24. The van der Waals surface area contributed by atoms with Crippen LogP contribution in [0.1, 0.15) is 59.8 Å². The number of nitrogens with zero attached hydrogens (tertiary/aromatic N) is 1. The van der Waals surface area contributed by atoms with Crippen molar-refractivity contribution in [1.29, 1.82) is 0 Å². The molecule has 0 saturated carbocycles. The number of carbonyl (C=O) groups is 4. The van der Waals surface area contributed by atoms with Crippen LogP contribution >= 0.6 is 0 Å². The fraction of sp³-hybridized carbons (Fsp3) is 0.773. The number of carboxylic acid groups (broad SMARTS) is 1. The van der Waals surface area contributed by atoms with Gasteiger partial charge in [0, 0.05) is 6.54 Å². The van der Waals surface area contributed by atoms with Gasteiger partial charge in [0.2, 0.25) is 17.7 Å².